The second kappa shape index (κ2) is 11.8. The highest BCUT2D eigenvalue weighted by atomic mass is 32.2. The zero-order chi connectivity index (χ0) is 30.1. The monoisotopic (exact) mass is 623 g/mol. The number of thioether (sulfide) groups is 2. The largest absolute Gasteiger partial charge is 0.543 e. The first-order valence-corrected chi connectivity index (χ1v) is 14.7. The third kappa shape index (κ3) is 5.86. The predicted molar refractivity (Wildman–Crippen MR) is 148 cm³/mol. The molecule has 2 aromatic rings. The van der Waals surface area contributed by atoms with Gasteiger partial charge in [0, 0.05) is 16.9 Å². The van der Waals surface area contributed by atoms with Gasteiger partial charge in [-0.1, -0.05) is 10.1 Å². The van der Waals surface area contributed by atoms with Gasteiger partial charge in [-0.15, -0.1) is 23.1 Å². The van der Waals surface area contributed by atoms with Crippen molar-refractivity contribution in [2.75, 3.05) is 28.7 Å². The van der Waals surface area contributed by atoms with Gasteiger partial charge < -0.3 is 42.4 Å². The molecule has 0 aliphatic carbocycles. The highest BCUT2D eigenvalue weighted by Crippen LogP contribution is 2.41. The SMILES string of the molecule is CC[n+]1c(N)cc(N)nc1SCC1=C(C(=O)[O-])N2C(=O)C(NC(=O)/C=N\O[C@@](C)(C(=O)O)c3csc(N)n3)C2SC1. The van der Waals surface area contributed by atoms with E-state index >= 15 is 0 Å². The Labute approximate surface area is 245 Å². The van der Waals surface area contributed by atoms with Gasteiger partial charge in [0.05, 0.1) is 24.3 Å². The normalized spacial score (nSPS) is 19.9. The van der Waals surface area contributed by atoms with Gasteiger partial charge in [0.25, 0.3) is 17.4 Å². The first-order valence-electron chi connectivity index (χ1n) is 11.8. The number of nitrogens with zero attached hydrogens (tertiary/aromatic N) is 5. The van der Waals surface area contributed by atoms with Crippen LogP contribution in [0.5, 0.6) is 0 Å². The summed E-state index contributed by atoms with van der Waals surface area (Å²) in [6, 6.07) is 0.469. The van der Waals surface area contributed by atoms with E-state index in [1.54, 1.807) is 4.57 Å². The van der Waals surface area contributed by atoms with Gasteiger partial charge in [0.2, 0.25) is 11.6 Å². The van der Waals surface area contributed by atoms with Crippen molar-refractivity contribution in [2.24, 2.45) is 5.16 Å². The van der Waals surface area contributed by atoms with E-state index in [0.717, 1.165) is 16.2 Å². The van der Waals surface area contributed by atoms with Crippen molar-refractivity contribution in [1.82, 2.24) is 20.2 Å². The minimum atomic E-state index is -2.01. The maximum atomic E-state index is 12.9. The number of hydrogen-bond acceptors (Lipinski definition) is 15. The van der Waals surface area contributed by atoms with Gasteiger partial charge in [-0.05, 0) is 31.2 Å². The van der Waals surface area contributed by atoms with Crippen LogP contribution < -0.4 is 32.2 Å². The molecule has 16 nitrogen and oxygen atoms in total. The molecule has 0 radical (unpaired) electrons. The molecule has 8 N–H and O–H groups in total. The van der Waals surface area contributed by atoms with Gasteiger partial charge in [0.15, 0.2) is 5.13 Å². The smallest absolute Gasteiger partial charge is 0.357 e. The molecule has 4 heterocycles. The van der Waals surface area contributed by atoms with Crippen molar-refractivity contribution >= 4 is 81.6 Å². The molecule has 2 aromatic heterocycles. The number of nitrogens with one attached hydrogen (secondary N) is 1. The summed E-state index contributed by atoms with van der Waals surface area (Å²) in [5, 5.41) is 28.8. The maximum absolute atomic E-state index is 12.9. The fourth-order valence-corrected chi connectivity index (χ4v) is 7.22. The zero-order valence-corrected chi connectivity index (χ0v) is 24.0. The number of anilines is 3. The third-order valence-corrected chi connectivity index (χ3v) is 9.19. The summed E-state index contributed by atoms with van der Waals surface area (Å²) < 4.78 is 1.72. The van der Waals surface area contributed by atoms with Gasteiger partial charge in [-0.25, -0.2) is 14.3 Å². The molecule has 0 spiro atoms. The number of nitrogens with two attached hydrogens (primary N) is 3. The number of thiazole rings is 1. The number of amides is 2. The summed E-state index contributed by atoms with van der Waals surface area (Å²) >= 11 is 3.48. The van der Waals surface area contributed by atoms with E-state index < -0.39 is 40.8 Å². The van der Waals surface area contributed by atoms with Gasteiger partial charge in [-0.3, -0.25) is 14.5 Å². The van der Waals surface area contributed by atoms with Crippen molar-refractivity contribution in [3.8, 4) is 0 Å². The van der Waals surface area contributed by atoms with E-state index in [9.17, 15) is 29.4 Å². The highest BCUT2D eigenvalue weighted by Gasteiger charge is 2.52. The molecule has 2 amide bonds. The molecule has 19 heteroatoms. The maximum Gasteiger partial charge on any atom is 0.357 e. The zero-order valence-electron chi connectivity index (χ0n) is 21.6. The number of carboxylic acid groups (broad SMARTS) is 2. The number of rotatable bonds is 11. The summed E-state index contributed by atoms with van der Waals surface area (Å²) in [6.07, 6.45) is 0.672. The Hall–Kier alpha value is -4.10. The number of fused-ring (bicyclic) bond motifs is 1. The Morgan fingerprint density at radius 2 is 2.12 bits per heavy atom. The Balaban J connectivity index is 1.42. The molecular weight excluding hydrogens is 598 g/mol. The van der Waals surface area contributed by atoms with Gasteiger partial charge in [-0.2, -0.15) is 0 Å². The quantitative estimate of drug-likeness (QED) is 0.0457. The van der Waals surface area contributed by atoms with E-state index in [-0.39, 0.29) is 33.8 Å². The minimum Gasteiger partial charge on any atom is -0.543 e. The van der Waals surface area contributed by atoms with Crippen LogP contribution in [-0.4, -0.2) is 72.9 Å². The minimum absolute atomic E-state index is 0.0106. The first-order chi connectivity index (χ1) is 19.4. The average Bonchev–Trinajstić information content (AvgIpc) is 3.36. The fraction of sp³-hybridized carbons (Fsp3) is 0.364. The lowest BCUT2D eigenvalue weighted by molar-refractivity contribution is -0.719. The molecule has 2 aliphatic heterocycles. The molecule has 3 atom stereocenters. The van der Waals surface area contributed by atoms with Crippen LogP contribution in [0, 0.1) is 0 Å². The molecule has 2 unspecified atom stereocenters. The number of carbonyl (C=O) groups excluding carboxylic acids is 3. The van der Waals surface area contributed by atoms with Crippen molar-refractivity contribution in [2.45, 2.75) is 42.6 Å². The van der Waals surface area contributed by atoms with E-state index in [1.165, 1.54) is 41.9 Å². The van der Waals surface area contributed by atoms with Crippen LogP contribution in [0.1, 0.15) is 19.5 Å². The Bertz CT molecular complexity index is 1480. The lowest BCUT2D eigenvalue weighted by Gasteiger charge is -2.50. The summed E-state index contributed by atoms with van der Waals surface area (Å²) in [6.45, 7) is 3.57. The number of carboxylic acids is 2. The molecule has 41 heavy (non-hydrogen) atoms. The second-order valence-corrected chi connectivity index (χ2v) is 11.7. The van der Waals surface area contributed by atoms with E-state index in [0.29, 0.717) is 29.3 Å². The molecule has 1 saturated heterocycles. The second-order valence-electron chi connectivity index (χ2n) is 8.79. The molecule has 0 saturated carbocycles. The Morgan fingerprint density at radius 3 is 2.73 bits per heavy atom. The van der Waals surface area contributed by atoms with Crippen molar-refractivity contribution in [1.29, 1.82) is 0 Å². The van der Waals surface area contributed by atoms with Crippen LogP contribution in [0.4, 0.5) is 16.8 Å². The topological polar surface area (TPSA) is 256 Å². The summed E-state index contributed by atoms with van der Waals surface area (Å²) in [5.74, 6) is -3.42. The van der Waals surface area contributed by atoms with Crippen LogP contribution in [0.25, 0.3) is 0 Å². The van der Waals surface area contributed by atoms with Crippen LogP contribution in [-0.2, 0) is 36.2 Å². The first kappa shape index (κ1) is 29.9. The van der Waals surface area contributed by atoms with Gasteiger partial charge >= 0.3 is 11.1 Å². The number of β-lactam (4-membered cyclic amide) rings is 1. The highest BCUT2D eigenvalue weighted by molar-refractivity contribution is 8.01. The van der Waals surface area contributed by atoms with Crippen molar-refractivity contribution < 1.29 is 38.8 Å². The summed E-state index contributed by atoms with van der Waals surface area (Å²) in [7, 11) is 0. The van der Waals surface area contributed by atoms with Crippen molar-refractivity contribution in [3.63, 3.8) is 0 Å². The molecule has 0 aromatic carbocycles. The average molecular weight is 624 g/mol. The van der Waals surface area contributed by atoms with Crippen LogP contribution in [0.2, 0.25) is 0 Å². The fourth-order valence-electron chi connectivity index (χ4n) is 3.98. The molecule has 2 aliphatic rings. The summed E-state index contributed by atoms with van der Waals surface area (Å²) in [4.78, 5) is 63.4. The number of oxime groups is 1. The number of nitrogen functional groups attached to an aromatic ring is 3. The number of hydrogen-bond donors (Lipinski definition) is 5. The molecular formula is C22H25N9O7S3. The van der Waals surface area contributed by atoms with Crippen LogP contribution in [0.3, 0.4) is 0 Å². The van der Waals surface area contributed by atoms with Crippen molar-refractivity contribution in [3.05, 3.63) is 28.4 Å². The van der Waals surface area contributed by atoms with E-state index in [4.69, 9.17) is 22.0 Å². The number of carbonyl (C=O) groups is 4. The van der Waals surface area contributed by atoms with E-state index in [1.807, 2.05) is 6.92 Å². The predicted octanol–water partition coefficient (Wildman–Crippen LogP) is -1.91. The number of aromatic nitrogens is 3. The van der Waals surface area contributed by atoms with Crippen LogP contribution >= 0.6 is 34.9 Å². The molecule has 1 fully saturated rings. The van der Waals surface area contributed by atoms with Gasteiger partial charge in [0.1, 0.15) is 23.3 Å². The molecule has 0 bridgehead atoms. The van der Waals surface area contributed by atoms with E-state index in [2.05, 4.69) is 20.4 Å². The molecule has 4 rings (SSSR count). The molecule has 218 valence electrons. The lowest BCUT2D eigenvalue weighted by Crippen LogP contribution is -2.71. The third-order valence-electron chi connectivity index (χ3n) is 6.12. The number of aliphatic carboxylic acids is 2. The van der Waals surface area contributed by atoms with Crippen LogP contribution in [0.15, 0.2) is 33.0 Å². The lowest BCUT2D eigenvalue weighted by atomic mass is 10.0. The summed E-state index contributed by atoms with van der Waals surface area (Å²) in [5.41, 5.74) is 15.5. The Kier molecular flexibility index (Phi) is 8.59. The standard InChI is InChI=1S/C22H25N9O7S3/c1-3-30-12(24)4-11(23)28-21(30)41-7-9-6-39-17-14(16(33)31(17)15(9)18(34)35)29-13(32)5-26-38-22(2,19(36)37)10-8-40-20(25)27-10/h4-5,8,14,17H,3,6-7H2,1-2H3,(H8,23,24,25,27,29,32,34,35,36,37)/b26-5-/t14?,17?,22-/m1/s1. The Morgan fingerprint density at radius 1 is 1.39 bits per heavy atom.